The fraction of sp³-hybridized carbons (Fsp3) is 0.333. The van der Waals surface area contributed by atoms with Crippen LogP contribution in [0.15, 0.2) is 53.5 Å². The number of nitrogens with one attached hydrogen (secondary N) is 1. The summed E-state index contributed by atoms with van der Waals surface area (Å²) >= 11 is 0. The maximum atomic E-state index is 12.1. The van der Waals surface area contributed by atoms with Crippen LogP contribution in [0.25, 0.3) is 0 Å². The number of nitrogens with zero attached hydrogens (tertiary/aromatic N) is 1. The fourth-order valence-corrected chi connectivity index (χ4v) is 2.22. The molecule has 122 valence electrons. The Morgan fingerprint density at radius 3 is 2.43 bits per heavy atom. The highest BCUT2D eigenvalue weighted by atomic mass is 16.5. The summed E-state index contributed by atoms with van der Waals surface area (Å²) < 4.78 is 6.97. The van der Waals surface area contributed by atoms with E-state index in [0.29, 0.717) is 0 Å². The first-order chi connectivity index (χ1) is 11.0. The van der Waals surface area contributed by atoms with Gasteiger partial charge in [-0.15, -0.1) is 0 Å². The molecule has 0 aliphatic carbocycles. The molecule has 2 rings (SSSR count). The lowest BCUT2D eigenvalue weighted by atomic mass is 10.1. The Morgan fingerprint density at radius 2 is 1.83 bits per heavy atom. The molecular weight excluding hydrogens is 292 g/mol. The Hall–Kier alpha value is -2.56. The van der Waals surface area contributed by atoms with Gasteiger partial charge in [0, 0.05) is 12.3 Å². The van der Waals surface area contributed by atoms with Crippen molar-refractivity contribution in [2.75, 3.05) is 0 Å². The highest BCUT2D eigenvalue weighted by Crippen LogP contribution is 2.18. The minimum atomic E-state index is -0.201. The van der Waals surface area contributed by atoms with Crippen LogP contribution in [0.2, 0.25) is 0 Å². The van der Waals surface area contributed by atoms with Gasteiger partial charge >= 0.3 is 0 Å². The molecule has 0 aliphatic rings. The van der Waals surface area contributed by atoms with Crippen molar-refractivity contribution in [3.8, 4) is 5.75 Å². The second kappa shape index (κ2) is 7.63. The second-order valence-corrected chi connectivity index (χ2v) is 5.69. The highest BCUT2D eigenvalue weighted by molar-refractivity contribution is 5.76. The van der Waals surface area contributed by atoms with Gasteiger partial charge in [0.1, 0.15) is 12.3 Å². The molecule has 1 N–H and O–H groups in total. The lowest BCUT2D eigenvalue weighted by molar-refractivity contribution is -0.122. The second-order valence-electron chi connectivity index (χ2n) is 5.69. The smallest absolute Gasteiger partial charge is 0.250 e. The molecule has 1 unspecified atom stereocenters. The summed E-state index contributed by atoms with van der Waals surface area (Å²) in [5, 5.41) is 2.89. The number of amides is 1. The van der Waals surface area contributed by atoms with Crippen molar-refractivity contribution >= 4 is 5.91 Å². The predicted octanol–water partition coefficient (Wildman–Crippen LogP) is 2.51. The van der Waals surface area contributed by atoms with Crippen molar-refractivity contribution < 1.29 is 9.53 Å². The number of hydrogen-bond donors (Lipinski definition) is 1. The van der Waals surface area contributed by atoms with E-state index in [2.05, 4.69) is 5.32 Å². The SMILES string of the molecule is CC(C)Oc1ccc(C(C)NC(=O)Cn2ccccc2=O)cc1. The predicted molar refractivity (Wildman–Crippen MR) is 89.5 cm³/mol. The van der Waals surface area contributed by atoms with Crippen LogP contribution in [0, 0.1) is 0 Å². The number of benzene rings is 1. The largest absolute Gasteiger partial charge is 0.491 e. The molecule has 0 bridgehead atoms. The first-order valence-electron chi connectivity index (χ1n) is 7.67. The molecule has 1 atom stereocenters. The molecule has 1 aromatic heterocycles. The van der Waals surface area contributed by atoms with E-state index < -0.39 is 0 Å². The average Bonchev–Trinajstić information content (AvgIpc) is 2.49. The highest BCUT2D eigenvalue weighted by Gasteiger charge is 2.10. The third kappa shape index (κ3) is 4.98. The summed E-state index contributed by atoms with van der Waals surface area (Å²) in [5.74, 6) is 0.603. The zero-order valence-corrected chi connectivity index (χ0v) is 13.7. The van der Waals surface area contributed by atoms with Crippen LogP contribution in [0.3, 0.4) is 0 Å². The van der Waals surface area contributed by atoms with E-state index in [0.717, 1.165) is 11.3 Å². The van der Waals surface area contributed by atoms with Crippen molar-refractivity contribution in [2.45, 2.75) is 39.5 Å². The lowest BCUT2D eigenvalue weighted by Gasteiger charge is -2.16. The molecule has 5 heteroatoms. The Bertz CT molecular complexity index is 705. The van der Waals surface area contributed by atoms with Crippen molar-refractivity contribution in [1.82, 2.24) is 9.88 Å². The number of ether oxygens (including phenoxy) is 1. The van der Waals surface area contributed by atoms with E-state index in [4.69, 9.17) is 4.74 Å². The number of hydrogen-bond acceptors (Lipinski definition) is 3. The van der Waals surface area contributed by atoms with Crippen LogP contribution in [0.4, 0.5) is 0 Å². The first kappa shape index (κ1) is 16.8. The van der Waals surface area contributed by atoms with Crippen molar-refractivity contribution in [2.24, 2.45) is 0 Å². The third-order valence-corrected chi connectivity index (χ3v) is 3.34. The maximum Gasteiger partial charge on any atom is 0.250 e. The maximum absolute atomic E-state index is 12.1. The number of aromatic nitrogens is 1. The van der Waals surface area contributed by atoms with Crippen molar-refractivity contribution in [3.05, 3.63) is 64.6 Å². The molecule has 0 fully saturated rings. The van der Waals surface area contributed by atoms with E-state index in [1.807, 2.05) is 45.0 Å². The topological polar surface area (TPSA) is 60.3 Å². The van der Waals surface area contributed by atoms with Gasteiger partial charge in [-0.1, -0.05) is 18.2 Å². The first-order valence-corrected chi connectivity index (χ1v) is 7.67. The Kier molecular flexibility index (Phi) is 5.57. The van der Waals surface area contributed by atoms with Gasteiger partial charge in [-0.25, -0.2) is 0 Å². The van der Waals surface area contributed by atoms with Gasteiger partial charge in [0.05, 0.1) is 12.1 Å². The monoisotopic (exact) mass is 314 g/mol. The number of carbonyl (C=O) groups is 1. The zero-order chi connectivity index (χ0) is 16.8. The molecule has 2 aromatic rings. The minimum Gasteiger partial charge on any atom is -0.491 e. The number of pyridine rings is 1. The number of rotatable bonds is 6. The van der Waals surface area contributed by atoms with Gasteiger partial charge in [-0.05, 0) is 44.5 Å². The molecule has 23 heavy (non-hydrogen) atoms. The fourth-order valence-electron chi connectivity index (χ4n) is 2.22. The van der Waals surface area contributed by atoms with E-state index >= 15 is 0 Å². The van der Waals surface area contributed by atoms with Crippen LogP contribution in [0.1, 0.15) is 32.4 Å². The van der Waals surface area contributed by atoms with E-state index in [9.17, 15) is 9.59 Å². The van der Waals surface area contributed by atoms with Crippen molar-refractivity contribution in [1.29, 1.82) is 0 Å². The van der Waals surface area contributed by atoms with Gasteiger partial charge in [-0.2, -0.15) is 0 Å². The van der Waals surface area contributed by atoms with Crippen LogP contribution in [-0.2, 0) is 11.3 Å². The van der Waals surface area contributed by atoms with E-state index in [1.54, 1.807) is 18.3 Å². The molecule has 1 aromatic carbocycles. The van der Waals surface area contributed by atoms with Gasteiger partial charge in [-0.3, -0.25) is 9.59 Å². The summed E-state index contributed by atoms with van der Waals surface area (Å²) in [6.45, 7) is 5.87. The van der Waals surface area contributed by atoms with Crippen LogP contribution in [-0.4, -0.2) is 16.6 Å². The van der Waals surface area contributed by atoms with Crippen LogP contribution < -0.4 is 15.6 Å². The summed E-state index contributed by atoms with van der Waals surface area (Å²) in [7, 11) is 0. The van der Waals surface area contributed by atoms with Gasteiger partial charge in [0.2, 0.25) is 5.91 Å². The van der Waals surface area contributed by atoms with E-state index in [-0.39, 0.29) is 30.2 Å². The van der Waals surface area contributed by atoms with Crippen LogP contribution in [0.5, 0.6) is 5.75 Å². The summed E-state index contributed by atoms with van der Waals surface area (Å²) in [4.78, 5) is 23.7. The number of carbonyl (C=O) groups excluding carboxylic acids is 1. The molecular formula is C18H22N2O3. The van der Waals surface area contributed by atoms with Crippen LogP contribution >= 0.6 is 0 Å². The van der Waals surface area contributed by atoms with E-state index in [1.165, 1.54) is 10.6 Å². The standard InChI is InChI=1S/C18H22N2O3/c1-13(2)23-16-9-7-15(8-10-16)14(3)19-17(21)12-20-11-5-4-6-18(20)22/h4-11,13-14H,12H2,1-3H3,(H,19,21). The molecule has 0 spiro atoms. The Labute approximate surface area is 135 Å². The Balaban J connectivity index is 1.95. The van der Waals surface area contributed by atoms with Gasteiger partial charge in [0.25, 0.3) is 5.56 Å². The normalized spacial score (nSPS) is 12.0. The minimum absolute atomic E-state index is 0.0125. The molecule has 5 nitrogen and oxygen atoms in total. The van der Waals surface area contributed by atoms with Gasteiger partial charge in [0.15, 0.2) is 0 Å². The molecule has 0 aliphatic heterocycles. The molecule has 0 saturated heterocycles. The summed E-state index contributed by atoms with van der Waals surface area (Å²) in [6, 6.07) is 12.3. The third-order valence-electron chi connectivity index (χ3n) is 3.34. The quantitative estimate of drug-likeness (QED) is 0.891. The van der Waals surface area contributed by atoms with Crippen molar-refractivity contribution in [3.63, 3.8) is 0 Å². The molecule has 1 heterocycles. The Morgan fingerprint density at radius 1 is 1.13 bits per heavy atom. The molecule has 0 saturated carbocycles. The summed E-state index contributed by atoms with van der Waals surface area (Å²) in [6.07, 6.45) is 1.73. The van der Waals surface area contributed by atoms with Gasteiger partial charge < -0.3 is 14.6 Å². The average molecular weight is 314 g/mol. The molecule has 1 amide bonds. The zero-order valence-electron chi connectivity index (χ0n) is 13.7. The molecule has 0 radical (unpaired) electrons. The lowest BCUT2D eigenvalue weighted by Crippen LogP contribution is -2.33. The summed E-state index contributed by atoms with van der Waals surface area (Å²) in [5.41, 5.74) is 0.792.